The molecule has 0 aliphatic heterocycles. The van der Waals surface area contributed by atoms with E-state index in [4.69, 9.17) is 0 Å². The molecule has 4 aliphatic rings. The van der Waals surface area contributed by atoms with Crippen LogP contribution in [0, 0.1) is 10.4 Å². The zero-order chi connectivity index (χ0) is 18.5. The highest BCUT2D eigenvalue weighted by molar-refractivity contribution is 7.68. The standard InChI is InChI=1S/C26H30P2/c1-3-7-25(19(5-1)17-27(21-9-10-21)22-11-12-22)26-8-4-2-6-20(26)18-28(23-13-14-23)24-15-16-24/h1-8,17-18,21-24H,9-16H2. The highest BCUT2D eigenvalue weighted by Crippen LogP contribution is 2.65. The predicted molar refractivity (Wildman–Crippen MR) is 125 cm³/mol. The highest BCUT2D eigenvalue weighted by atomic mass is 31.1. The molecular formula is C26H30P2. The average Bonchev–Trinajstić information content (AvgIpc) is 3.60. The number of hydrogen-bond donors (Lipinski definition) is 0. The van der Waals surface area contributed by atoms with Gasteiger partial charge in [-0.15, -0.1) is 0 Å². The maximum Gasteiger partial charge on any atom is -0.0105 e. The van der Waals surface area contributed by atoms with Crippen molar-refractivity contribution in [1.29, 1.82) is 0 Å². The minimum Gasteiger partial charge on any atom is -0.0762 e. The van der Waals surface area contributed by atoms with Gasteiger partial charge in [-0.1, -0.05) is 76.0 Å². The van der Waals surface area contributed by atoms with Crippen molar-refractivity contribution in [1.82, 2.24) is 0 Å². The lowest BCUT2D eigenvalue weighted by atomic mass is 10.1. The van der Waals surface area contributed by atoms with Gasteiger partial charge in [0.15, 0.2) is 0 Å². The van der Waals surface area contributed by atoms with E-state index < -0.39 is 0 Å². The molecule has 0 amide bonds. The molecule has 4 saturated carbocycles. The Morgan fingerprint density at radius 2 is 0.821 bits per heavy atom. The number of benzene rings is 2. The Morgan fingerprint density at radius 3 is 1.14 bits per heavy atom. The minimum atomic E-state index is 0.103. The van der Waals surface area contributed by atoms with Crippen LogP contribution in [0.1, 0.15) is 51.4 Å². The second-order valence-corrected chi connectivity index (χ2v) is 14.5. The summed E-state index contributed by atoms with van der Waals surface area (Å²) in [5, 5.41) is 5.97. The summed E-state index contributed by atoms with van der Waals surface area (Å²) in [5.74, 6) is 5.45. The lowest BCUT2D eigenvalue weighted by molar-refractivity contribution is 1.38. The van der Waals surface area contributed by atoms with Crippen molar-refractivity contribution in [2.24, 2.45) is 0 Å². The van der Waals surface area contributed by atoms with E-state index in [2.05, 4.69) is 60.2 Å². The summed E-state index contributed by atoms with van der Waals surface area (Å²) >= 11 is 0. The van der Waals surface area contributed by atoms with Gasteiger partial charge in [-0.2, -0.15) is 0 Å². The quantitative estimate of drug-likeness (QED) is 0.513. The van der Waals surface area contributed by atoms with Gasteiger partial charge in [-0.3, -0.25) is 0 Å². The molecule has 6 rings (SSSR count). The second-order valence-electron chi connectivity index (χ2n) is 9.25. The van der Waals surface area contributed by atoms with E-state index in [1.807, 2.05) is 0 Å². The van der Waals surface area contributed by atoms with E-state index in [9.17, 15) is 0 Å². The molecule has 0 spiro atoms. The van der Waals surface area contributed by atoms with Gasteiger partial charge in [0.25, 0.3) is 0 Å². The van der Waals surface area contributed by atoms with Crippen LogP contribution in [0.25, 0.3) is 11.6 Å². The van der Waals surface area contributed by atoms with E-state index in [1.54, 1.807) is 0 Å². The Labute approximate surface area is 171 Å². The molecule has 0 aromatic heterocycles. The molecule has 144 valence electrons. The first-order valence-electron chi connectivity index (χ1n) is 11.3. The topological polar surface area (TPSA) is 0 Å². The Morgan fingerprint density at radius 1 is 0.500 bits per heavy atom. The largest absolute Gasteiger partial charge is 0.0762 e. The summed E-state index contributed by atoms with van der Waals surface area (Å²) in [6.45, 7) is 0. The summed E-state index contributed by atoms with van der Waals surface area (Å²) < 4.78 is 0. The maximum absolute atomic E-state index is 2.72. The van der Waals surface area contributed by atoms with Gasteiger partial charge < -0.3 is 0 Å². The summed E-state index contributed by atoms with van der Waals surface area (Å²) in [7, 11) is 0.205. The minimum absolute atomic E-state index is 0.103. The van der Waals surface area contributed by atoms with E-state index in [1.165, 1.54) is 72.2 Å². The van der Waals surface area contributed by atoms with Crippen LogP contribution in [-0.4, -0.2) is 22.6 Å². The first-order chi connectivity index (χ1) is 13.9. The smallest absolute Gasteiger partial charge is 0.0105 e. The Hall–Kier alpha value is -0.960. The first kappa shape index (κ1) is 17.9. The van der Waals surface area contributed by atoms with E-state index in [0.29, 0.717) is 0 Å². The van der Waals surface area contributed by atoms with Crippen LogP contribution >= 0.6 is 15.8 Å². The SMILES string of the molecule is C(=c1ccccc1=c1ccccc1=CP(C1CC1)C1CC1)P(C1CC1)C1CC1. The van der Waals surface area contributed by atoms with Crippen molar-refractivity contribution in [2.45, 2.75) is 74.0 Å². The predicted octanol–water partition coefficient (Wildman–Crippen LogP) is 6.06. The zero-order valence-corrected chi connectivity index (χ0v) is 18.4. The molecule has 0 saturated heterocycles. The van der Waals surface area contributed by atoms with Crippen molar-refractivity contribution < 1.29 is 0 Å². The molecule has 4 aliphatic carbocycles. The molecule has 28 heavy (non-hydrogen) atoms. The maximum atomic E-state index is 2.72. The van der Waals surface area contributed by atoms with Crippen LogP contribution in [0.5, 0.6) is 0 Å². The monoisotopic (exact) mass is 404 g/mol. The molecule has 0 unspecified atom stereocenters. The van der Waals surface area contributed by atoms with Crippen LogP contribution in [0.2, 0.25) is 0 Å². The van der Waals surface area contributed by atoms with Crippen LogP contribution in [0.3, 0.4) is 0 Å². The van der Waals surface area contributed by atoms with Gasteiger partial charge in [-0.25, -0.2) is 0 Å². The van der Waals surface area contributed by atoms with Crippen molar-refractivity contribution in [3.05, 3.63) is 69.4 Å². The molecule has 4 fully saturated rings. The zero-order valence-electron chi connectivity index (χ0n) is 16.6. The van der Waals surface area contributed by atoms with Crippen LogP contribution in [-0.2, 0) is 0 Å². The summed E-state index contributed by atoms with van der Waals surface area (Å²) in [6.07, 6.45) is 11.9. The molecule has 0 atom stereocenters. The van der Waals surface area contributed by atoms with Gasteiger partial charge >= 0.3 is 0 Å². The summed E-state index contributed by atoms with van der Waals surface area (Å²) in [6, 6.07) is 18.5. The van der Waals surface area contributed by atoms with Gasteiger partial charge in [0.2, 0.25) is 0 Å². The third-order valence-electron chi connectivity index (χ3n) is 6.66. The van der Waals surface area contributed by atoms with Gasteiger partial charge in [-0.05, 0) is 94.9 Å². The summed E-state index contributed by atoms with van der Waals surface area (Å²) in [5.41, 5.74) is 4.15. The van der Waals surface area contributed by atoms with Crippen LogP contribution in [0.4, 0.5) is 0 Å². The van der Waals surface area contributed by atoms with Crippen LogP contribution < -0.4 is 10.4 Å². The molecular weight excluding hydrogens is 374 g/mol. The molecule has 2 heteroatoms. The van der Waals surface area contributed by atoms with Gasteiger partial charge in [0.1, 0.15) is 0 Å². The number of rotatable bonds is 6. The van der Waals surface area contributed by atoms with Crippen molar-refractivity contribution in [3.8, 4) is 0 Å². The van der Waals surface area contributed by atoms with Crippen molar-refractivity contribution in [2.75, 3.05) is 0 Å². The number of hydrogen-bond acceptors (Lipinski definition) is 0. The first-order valence-corrected chi connectivity index (χ1v) is 14.4. The Bertz CT molecular complexity index is 960. The van der Waals surface area contributed by atoms with Crippen molar-refractivity contribution >= 4 is 27.5 Å². The fraction of sp³-hybridized carbons (Fsp3) is 0.462. The Kier molecular flexibility index (Phi) is 4.71. The highest BCUT2D eigenvalue weighted by Gasteiger charge is 2.40. The lowest BCUT2D eigenvalue weighted by Gasteiger charge is -2.11. The lowest BCUT2D eigenvalue weighted by Crippen LogP contribution is -2.10. The van der Waals surface area contributed by atoms with E-state index in [0.717, 1.165) is 22.6 Å². The van der Waals surface area contributed by atoms with Crippen LogP contribution in [0.15, 0.2) is 48.5 Å². The normalized spacial score (nSPS) is 25.1. The van der Waals surface area contributed by atoms with Gasteiger partial charge in [0.05, 0.1) is 0 Å². The van der Waals surface area contributed by atoms with E-state index in [-0.39, 0.29) is 15.8 Å². The Balaban J connectivity index is 1.54. The third kappa shape index (κ3) is 3.88. The molecule has 2 aromatic rings. The average molecular weight is 404 g/mol. The molecule has 0 bridgehead atoms. The van der Waals surface area contributed by atoms with Gasteiger partial charge in [0, 0.05) is 0 Å². The third-order valence-corrected chi connectivity index (χ3v) is 13.3. The fourth-order valence-corrected chi connectivity index (χ4v) is 10.6. The molecule has 0 heterocycles. The molecule has 0 radical (unpaired) electrons. The second kappa shape index (κ2) is 7.38. The fourth-order valence-electron chi connectivity index (χ4n) is 4.54. The molecule has 2 aromatic carbocycles. The van der Waals surface area contributed by atoms with E-state index >= 15 is 0 Å². The summed E-state index contributed by atoms with van der Waals surface area (Å²) in [4.78, 5) is 0. The molecule has 0 N–H and O–H groups in total. The molecule has 0 nitrogen and oxygen atoms in total. The van der Waals surface area contributed by atoms with Crippen molar-refractivity contribution in [3.63, 3.8) is 0 Å².